The van der Waals surface area contributed by atoms with Crippen LogP contribution in [0.4, 0.5) is 5.69 Å². The fraction of sp³-hybridized carbons (Fsp3) is 0.167. The number of pyridine rings is 1. The van der Waals surface area contributed by atoms with Crippen LogP contribution in [0, 0.1) is 6.92 Å². The first-order valence-corrected chi connectivity index (χ1v) is 10.1. The van der Waals surface area contributed by atoms with E-state index in [4.69, 9.17) is 14.0 Å². The highest BCUT2D eigenvalue weighted by Crippen LogP contribution is 2.29. The van der Waals surface area contributed by atoms with Crippen LogP contribution in [0.2, 0.25) is 0 Å². The van der Waals surface area contributed by atoms with Crippen molar-refractivity contribution in [2.75, 3.05) is 19.5 Å². The smallest absolute Gasteiger partial charge is 0.259 e. The van der Waals surface area contributed by atoms with Gasteiger partial charge in [0.05, 0.1) is 25.5 Å². The zero-order chi connectivity index (χ0) is 23.4. The number of nitrogens with zero attached hydrogens (tertiary/aromatic N) is 3. The molecule has 0 aliphatic rings. The predicted octanol–water partition coefficient (Wildman–Crippen LogP) is 3.53. The molecule has 1 N–H and O–H groups in total. The summed E-state index contributed by atoms with van der Waals surface area (Å²) in [5.41, 5.74) is 2.55. The van der Waals surface area contributed by atoms with Gasteiger partial charge in [-0.2, -0.15) is 4.98 Å². The third kappa shape index (κ3) is 4.93. The summed E-state index contributed by atoms with van der Waals surface area (Å²) in [6.45, 7) is 1.77. The summed E-state index contributed by atoms with van der Waals surface area (Å²) in [7, 11) is 3.04. The van der Waals surface area contributed by atoms with Crippen molar-refractivity contribution in [3.63, 3.8) is 0 Å². The minimum absolute atomic E-state index is 0.208. The monoisotopic (exact) mass is 446 g/mol. The second-order valence-corrected chi connectivity index (χ2v) is 7.29. The number of aryl methyl sites for hydroxylation is 1. The van der Waals surface area contributed by atoms with Crippen molar-refractivity contribution in [1.29, 1.82) is 0 Å². The highest BCUT2D eigenvalue weighted by Gasteiger charge is 2.14. The van der Waals surface area contributed by atoms with E-state index >= 15 is 0 Å². The van der Waals surface area contributed by atoms with Crippen molar-refractivity contribution in [3.8, 4) is 34.3 Å². The van der Waals surface area contributed by atoms with Gasteiger partial charge in [0.25, 0.3) is 11.4 Å². The molecule has 0 saturated heterocycles. The largest absolute Gasteiger partial charge is 0.497 e. The Hall–Kier alpha value is -4.40. The van der Waals surface area contributed by atoms with Crippen molar-refractivity contribution in [2.24, 2.45) is 0 Å². The van der Waals surface area contributed by atoms with Crippen LogP contribution in [0.1, 0.15) is 5.56 Å². The summed E-state index contributed by atoms with van der Waals surface area (Å²) in [4.78, 5) is 29.4. The van der Waals surface area contributed by atoms with Crippen LogP contribution in [-0.2, 0) is 11.3 Å². The number of hydrogen-bond acceptors (Lipinski definition) is 7. The highest BCUT2D eigenvalue weighted by atomic mass is 16.5. The summed E-state index contributed by atoms with van der Waals surface area (Å²) >= 11 is 0. The molecule has 4 rings (SSSR count). The molecule has 33 heavy (non-hydrogen) atoms. The van der Waals surface area contributed by atoms with E-state index in [2.05, 4.69) is 15.5 Å². The van der Waals surface area contributed by atoms with Crippen LogP contribution < -0.4 is 20.3 Å². The fourth-order valence-corrected chi connectivity index (χ4v) is 3.27. The van der Waals surface area contributed by atoms with Crippen LogP contribution in [0.5, 0.6) is 11.5 Å². The molecule has 168 valence electrons. The summed E-state index contributed by atoms with van der Waals surface area (Å²) in [5, 5.41) is 6.78. The highest BCUT2D eigenvalue weighted by molar-refractivity contribution is 5.92. The lowest BCUT2D eigenvalue weighted by Gasteiger charge is -2.12. The minimum Gasteiger partial charge on any atom is -0.497 e. The zero-order valence-electron chi connectivity index (χ0n) is 18.4. The number of carbonyl (C=O) groups excluding carboxylic acids is 1. The van der Waals surface area contributed by atoms with Gasteiger partial charge in [0.2, 0.25) is 11.7 Å². The second kappa shape index (κ2) is 9.39. The quantitative estimate of drug-likeness (QED) is 0.463. The molecule has 0 unspecified atom stereocenters. The van der Waals surface area contributed by atoms with Crippen LogP contribution in [0.15, 0.2) is 70.1 Å². The Labute approximate surface area is 189 Å². The topological polar surface area (TPSA) is 108 Å². The van der Waals surface area contributed by atoms with E-state index in [1.165, 1.54) is 23.9 Å². The van der Waals surface area contributed by atoms with Crippen LogP contribution in [0.25, 0.3) is 22.8 Å². The number of hydrogen-bond donors (Lipinski definition) is 1. The number of rotatable bonds is 7. The Kier molecular flexibility index (Phi) is 6.21. The van der Waals surface area contributed by atoms with E-state index in [-0.39, 0.29) is 18.0 Å². The van der Waals surface area contributed by atoms with Gasteiger partial charge in [-0.15, -0.1) is 0 Å². The maximum absolute atomic E-state index is 12.6. The van der Waals surface area contributed by atoms with E-state index in [0.717, 1.165) is 11.1 Å². The summed E-state index contributed by atoms with van der Waals surface area (Å²) < 4.78 is 17.1. The first-order valence-electron chi connectivity index (χ1n) is 10.1. The normalized spacial score (nSPS) is 10.6. The first-order chi connectivity index (χ1) is 16.0. The van der Waals surface area contributed by atoms with E-state index in [0.29, 0.717) is 28.6 Å². The molecule has 0 atom stereocenters. The Bertz CT molecular complexity index is 1360. The molecule has 0 aliphatic heterocycles. The van der Waals surface area contributed by atoms with Gasteiger partial charge in [-0.1, -0.05) is 28.9 Å². The second-order valence-electron chi connectivity index (χ2n) is 7.29. The standard InChI is InChI=1S/C24H22N4O5/c1-15-5-4-6-16(11-15)23-26-24(33-27-23)17-7-10-22(30)28(13-17)14-21(29)25-19-9-8-18(31-2)12-20(19)32-3/h4-13H,14H2,1-3H3,(H,25,29). The predicted molar refractivity (Wildman–Crippen MR) is 122 cm³/mol. The molecule has 1 amide bonds. The molecule has 0 bridgehead atoms. The van der Waals surface area contributed by atoms with Gasteiger partial charge in [0, 0.05) is 23.9 Å². The van der Waals surface area contributed by atoms with Crippen molar-refractivity contribution in [3.05, 3.63) is 76.7 Å². The van der Waals surface area contributed by atoms with E-state index in [9.17, 15) is 9.59 Å². The number of amides is 1. The third-order valence-electron chi connectivity index (χ3n) is 4.93. The molecule has 9 heteroatoms. The van der Waals surface area contributed by atoms with Crippen molar-refractivity contribution in [2.45, 2.75) is 13.5 Å². The molecular weight excluding hydrogens is 424 g/mol. The van der Waals surface area contributed by atoms with Gasteiger partial charge in [-0.3, -0.25) is 9.59 Å². The lowest BCUT2D eigenvalue weighted by Crippen LogP contribution is -2.27. The van der Waals surface area contributed by atoms with Gasteiger partial charge < -0.3 is 23.9 Å². The maximum Gasteiger partial charge on any atom is 0.259 e. The molecule has 2 aromatic carbocycles. The molecule has 0 radical (unpaired) electrons. The van der Waals surface area contributed by atoms with Crippen LogP contribution >= 0.6 is 0 Å². The molecular formula is C24H22N4O5. The molecule has 0 fully saturated rings. The number of aromatic nitrogens is 3. The number of carbonyl (C=O) groups is 1. The van der Waals surface area contributed by atoms with E-state index in [1.807, 2.05) is 31.2 Å². The van der Waals surface area contributed by atoms with Crippen LogP contribution in [-0.4, -0.2) is 34.8 Å². The Morgan fingerprint density at radius 2 is 1.91 bits per heavy atom. The van der Waals surface area contributed by atoms with E-state index < -0.39 is 5.91 Å². The number of ether oxygens (including phenoxy) is 2. The fourth-order valence-electron chi connectivity index (χ4n) is 3.27. The summed E-state index contributed by atoms with van der Waals surface area (Å²) in [5.74, 6) is 1.33. The summed E-state index contributed by atoms with van der Waals surface area (Å²) in [6, 6.07) is 15.7. The minimum atomic E-state index is -0.399. The lowest BCUT2D eigenvalue weighted by molar-refractivity contribution is -0.116. The van der Waals surface area contributed by atoms with Gasteiger partial charge >= 0.3 is 0 Å². The van der Waals surface area contributed by atoms with Gasteiger partial charge in [0.1, 0.15) is 18.0 Å². The average Bonchev–Trinajstić information content (AvgIpc) is 3.31. The molecule has 0 aliphatic carbocycles. The number of methoxy groups -OCH3 is 2. The molecule has 0 spiro atoms. The Balaban J connectivity index is 1.54. The van der Waals surface area contributed by atoms with Crippen molar-refractivity contribution >= 4 is 11.6 Å². The van der Waals surface area contributed by atoms with Gasteiger partial charge in [-0.05, 0) is 31.2 Å². The number of nitrogens with one attached hydrogen (secondary N) is 1. The Morgan fingerprint density at radius 1 is 1.06 bits per heavy atom. The van der Waals surface area contributed by atoms with Crippen molar-refractivity contribution < 1.29 is 18.8 Å². The number of benzene rings is 2. The third-order valence-corrected chi connectivity index (χ3v) is 4.93. The molecule has 9 nitrogen and oxygen atoms in total. The van der Waals surface area contributed by atoms with Crippen LogP contribution in [0.3, 0.4) is 0 Å². The SMILES string of the molecule is COc1ccc(NC(=O)Cn2cc(-c3nc(-c4cccc(C)c4)no3)ccc2=O)c(OC)c1. The molecule has 0 saturated carbocycles. The average molecular weight is 446 g/mol. The van der Waals surface area contributed by atoms with Crippen molar-refractivity contribution in [1.82, 2.24) is 14.7 Å². The lowest BCUT2D eigenvalue weighted by atomic mass is 10.1. The maximum atomic E-state index is 12.6. The molecule has 2 aromatic heterocycles. The van der Waals surface area contributed by atoms with Gasteiger partial charge in [0.15, 0.2) is 0 Å². The van der Waals surface area contributed by atoms with E-state index in [1.54, 1.807) is 31.4 Å². The Morgan fingerprint density at radius 3 is 2.67 bits per heavy atom. The first kappa shape index (κ1) is 21.8. The van der Waals surface area contributed by atoms with Gasteiger partial charge in [-0.25, -0.2) is 0 Å². The summed E-state index contributed by atoms with van der Waals surface area (Å²) in [6.07, 6.45) is 1.51. The zero-order valence-corrected chi connectivity index (χ0v) is 18.4. The molecule has 2 heterocycles. The number of anilines is 1. The molecule has 4 aromatic rings.